The van der Waals surface area contributed by atoms with Crippen LogP contribution in [0.5, 0.6) is 0 Å². The van der Waals surface area contributed by atoms with Gasteiger partial charge >= 0.3 is 5.97 Å². The molecule has 0 fully saturated rings. The topological polar surface area (TPSA) is 86.5 Å². The smallest absolute Gasteiger partial charge is 0.327 e. The molecule has 0 aromatic rings. The molecule has 0 bridgehead atoms. The third kappa shape index (κ3) is 2.30. The van der Waals surface area contributed by atoms with Crippen molar-refractivity contribution in [2.45, 2.75) is 46.6 Å². The molecular weight excluding hydrogens is 226 g/mol. The second-order valence-electron chi connectivity index (χ2n) is 4.35. The zero-order valence-electron chi connectivity index (χ0n) is 10.9. The van der Waals surface area contributed by atoms with Crippen LogP contribution in [-0.2, 0) is 14.3 Å². The molecule has 6 heteroatoms. The Labute approximate surface area is 100 Å². The van der Waals surface area contributed by atoms with E-state index in [9.17, 15) is 19.7 Å². The molecule has 0 aliphatic carbocycles. The third-order valence-corrected chi connectivity index (χ3v) is 3.26. The molecule has 17 heavy (non-hydrogen) atoms. The molecule has 0 saturated heterocycles. The van der Waals surface area contributed by atoms with Crippen LogP contribution in [0.4, 0.5) is 0 Å². The molecule has 0 aromatic carbocycles. The van der Waals surface area contributed by atoms with Crippen LogP contribution in [0, 0.1) is 15.5 Å². The molecule has 0 heterocycles. The van der Waals surface area contributed by atoms with Crippen LogP contribution in [0.1, 0.15) is 41.0 Å². The number of carbonyl (C=O) groups excluding carboxylic acids is 2. The highest BCUT2D eigenvalue weighted by Crippen LogP contribution is 2.39. The first kappa shape index (κ1) is 15.5. The average molecular weight is 245 g/mol. The lowest BCUT2D eigenvalue weighted by atomic mass is 9.67. The Morgan fingerprint density at radius 2 is 1.76 bits per heavy atom. The molecule has 0 rings (SSSR count). The maximum Gasteiger partial charge on any atom is 0.327 e. The Kier molecular flexibility index (Phi) is 4.80. The number of hydrogen-bond donors (Lipinski definition) is 0. The van der Waals surface area contributed by atoms with Crippen LogP contribution in [0.2, 0.25) is 0 Å². The standard InChI is InChI=1S/C11H19NO5/c1-6-11(8(3)13,9(14)17-7-2)10(4,5)12(15)16/h6-7H2,1-5H3. The average Bonchev–Trinajstić information content (AvgIpc) is 2.18. The Hall–Kier alpha value is -1.46. The Morgan fingerprint density at radius 1 is 1.29 bits per heavy atom. The van der Waals surface area contributed by atoms with Crippen molar-refractivity contribution in [1.29, 1.82) is 0 Å². The summed E-state index contributed by atoms with van der Waals surface area (Å²) in [5, 5.41) is 11.1. The maximum atomic E-state index is 11.9. The van der Waals surface area contributed by atoms with Crippen LogP contribution in [-0.4, -0.2) is 28.8 Å². The van der Waals surface area contributed by atoms with Crippen molar-refractivity contribution in [3.05, 3.63) is 10.1 Å². The van der Waals surface area contributed by atoms with Crippen LogP contribution in [0.3, 0.4) is 0 Å². The van der Waals surface area contributed by atoms with Gasteiger partial charge < -0.3 is 4.74 Å². The molecule has 6 nitrogen and oxygen atoms in total. The van der Waals surface area contributed by atoms with Gasteiger partial charge in [0.2, 0.25) is 5.54 Å². The highest BCUT2D eigenvalue weighted by atomic mass is 16.6. The number of ether oxygens (including phenoxy) is 1. The van der Waals surface area contributed by atoms with E-state index in [0.29, 0.717) is 0 Å². The minimum absolute atomic E-state index is 0.0369. The van der Waals surface area contributed by atoms with Gasteiger partial charge in [0, 0.05) is 18.8 Å². The van der Waals surface area contributed by atoms with E-state index in [1.165, 1.54) is 20.8 Å². The van der Waals surface area contributed by atoms with Gasteiger partial charge in [-0.05, 0) is 20.3 Å². The second-order valence-corrected chi connectivity index (χ2v) is 4.35. The van der Waals surface area contributed by atoms with Gasteiger partial charge in [-0.25, -0.2) is 0 Å². The van der Waals surface area contributed by atoms with E-state index in [2.05, 4.69) is 0 Å². The van der Waals surface area contributed by atoms with E-state index in [-0.39, 0.29) is 13.0 Å². The number of nitrogens with zero attached hydrogens (tertiary/aromatic N) is 1. The quantitative estimate of drug-likeness (QED) is 0.307. The van der Waals surface area contributed by atoms with Crippen molar-refractivity contribution >= 4 is 11.8 Å². The van der Waals surface area contributed by atoms with Gasteiger partial charge in [-0.15, -0.1) is 0 Å². The van der Waals surface area contributed by atoms with Crippen LogP contribution < -0.4 is 0 Å². The van der Waals surface area contributed by atoms with Crippen molar-refractivity contribution in [2.24, 2.45) is 5.41 Å². The summed E-state index contributed by atoms with van der Waals surface area (Å²) in [5.74, 6) is -1.36. The number of nitro groups is 1. The summed E-state index contributed by atoms with van der Waals surface area (Å²) in [6.45, 7) is 6.98. The minimum Gasteiger partial charge on any atom is -0.465 e. The monoisotopic (exact) mass is 245 g/mol. The lowest BCUT2D eigenvalue weighted by molar-refractivity contribution is -0.575. The summed E-state index contributed by atoms with van der Waals surface area (Å²) in [4.78, 5) is 34.2. The lowest BCUT2D eigenvalue weighted by Gasteiger charge is -2.35. The van der Waals surface area contributed by atoms with E-state index < -0.39 is 27.6 Å². The number of Topliss-reactive ketones (excluding diaryl/α,β-unsaturated/α-hetero) is 1. The molecule has 0 amide bonds. The molecule has 0 spiro atoms. The summed E-state index contributed by atoms with van der Waals surface area (Å²) in [6.07, 6.45) is 0.0369. The fourth-order valence-electron chi connectivity index (χ4n) is 2.06. The normalized spacial score (nSPS) is 14.9. The van der Waals surface area contributed by atoms with Gasteiger partial charge in [-0.3, -0.25) is 19.7 Å². The zero-order chi connectivity index (χ0) is 13.9. The third-order valence-electron chi connectivity index (χ3n) is 3.26. The number of esters is 1. The minimum atomic E-state index is -1.73. The molecule has 0 N–H and O–H groups in total. The summed E-state index contributed by atoms with van der Waals surface area (Å²) >= 11 is 0. The number of rotatable bonds is 6. The molecule has 0 aliphatic heterocycles. The van der Waals surface area contributed by atoms with Crippen LogP contribution in [0.25, 0.3) is 0 Å². The molecule has 1 atom stereocenters. The molecule has 1 unspecified atom stereocenters. The first-order valence-corrected chi connectivity index (χ1v) is 5.51. The van der Waals surface area contributed by atoms with Gasteiger partial charge in [0.25, 0.3) is 0 Å². The van der Waals surface area contributed by atoms with Crippen LogP contribution >= 0.6 is 0 Å². The second kappa shape index (κ2) is 5.25. The summed E-state index contributed by atoms with van der Waals surface area (Å²) < 4.78 is 4.83. The molecule has 0 aromatic heterocycles. The SMILES string of the molecule is CCOC(=O)C(CC)(C(C)=O)C(C)(C)[N+](=O)[O-]. The summed E-state index contributed by atoms with van der Waals surface area (Å²) in [5.41, 5.74) is -3.42. The Morgan fingerprint density at radius 3 is 2.00 bits per heavy atom. The lowest BCUT2D eigenvalue weighted by Crippen LogP contribution is -2.58. The van der Waals surface area contributed by atoms with Gasteiger partial charge in [-0.2, -0.15) is 0 Å². The van der Waals surface area contributed by atoms with Crippen molar-refractivity contribution in [2.75, 3.05) is 6.61 Å². The molecule has 0 saturated carbocycles. The largest absolute Gasteiger partial charge is 0.465 e. The molecule has 0 aliphatic rings. The highest BCUT2D eigenvalue weighted by Gasteiger charge is 2.63. The first-order chi connectivity index (χ1) is 7.68. The van der Waals surface area contributed by atoms with E-state index in [0.717, 1.165) is 0 Å². The fourth-order valence-corrected chi connectivity index (χ4v) is 2.06. The number of hydrogen-bond acceptors (Lipinski definition) is 5. The van der Waals surface area contributed by atoms with E-state index in [1.54, 1.807) is 13.8 Å². The Balaban J connectivity index is 5.77. The Bertz CT molecular complexity index is 337. The summed E-state index contributed by atoms with van der Waals surface area (Å²) in [6, 6.07) is 0. The van der Waals surface area contributed by atoms with Crippen molar-refractivity contribution in [3.8, 4) is 0 Å². The van der Waals surface area contributed by atoms with Crippen molar-refractivity contribution in [3.63, 3.8) is 0 Å². The van der Waals surface area contributed by atoms with Crippen molar-refractivity contribution < 1.29 is 19.2 Å². The van der Waals surface area contributed by atoms with Gasteiger partial charge in [0.05, 0.1) is 6.61 Å². The highest BCUT2D eigenvalue weighted by molar-refractivity contribution is 6.04. The van der Waals surface area contributed by atoms with Gasteiger partial charge in [0.15, 0.2) is 11.2 Å². The maximum absolute atomic E-state index is 11.9. The predicted octanol–water partition coefficient (Wildman–Crippen LogP) is 1.59. The van der Waals surface area contributed by atoms with E-state index in [1.807, 2.05) is 0 Å². The number of ketones is 1. The number of carbonyl (C=O) groups is 2. The predicted molar refractivity (Wildman–Crippen MR) is 61.1 cm³/mol. The zero-order valence-corrected chi connectivity index (χ0v) is 10.9. The fraction of sp³-hybridized carbons (Fsp3) is 0.818. The molecule has 0 radical (unpaired) electrons. The van der Waals surface area contributed by atoms with E-state index >= 15 is 0 Å². The molecule has 98 valence electrons. The van der Waals surface area contributed by atoms with Crippen LogP contribution in [0.15, 0.2) is 0 Å². The summed E-state index contributed by atoms with van der Waals surface area (Å²) in [7, 11) is 0. The van der Waals surface area contributed by atoms with Gasteiger partial charge in [-0.1, -0.05) is 6.92 Å². The first-order valence-electron chi connectivity index (χ1n) is 5.51. The molecular formula is C11H19NO5. The van der Waals surface area contributed by atoms with Gasteiger partial charge in [0.1, 0.15) is 0 Å². The van der Waals surface area contributed by atoms with E-state index in [4.69, 9.17) is 4.74 Å². The van der Waals surface area contributed by atoms with Crippen molar-refractivity contribution in [1.82, 2.24) is 0 Å².